The number of nitrogens with zero attached hydrogens (tertiary/aromatic N) is 2. The number of nitrogens with one attached hydrogen (secondary N) is 2. The van der Waals surface area contributed by atoms with Gasteiger partial charge in [-0.3, -0.25) is 4.99 Å². The number of ether oxygens (including phenoxy) is 1. The molecular formula is C18H33IN4OS. The third kappa shape index (κ3) is 9.75. The molecule has 0 aliphatic heterocycles. The monoisotopic (exact) mass is 480 g/mol. The Bertz CT molecular complexity index is 489. The highest BCUT2D eigenvalue weighted by atomic mass is 127. The minimum atomic E-state index is 0. The Morgan fingerprint density at radius 1 is 1.32 bits per heavy atom. The van der Waals surface area contributed by atoms with E-state index in [1.54, 1.807) is 11.3 Å². The molecule has 1 saturated carbocycles. The zero-order chi connectivity index (χ0) is 17.0. The van der Waals surface area contributed by atoms with Crippen LogP contribution in [0.1, 0.15) is 55.3 Å². The molecule has 7 heteroatoms. The average molecular weight is 480 g/mol. The summed E-state index contributed by atoms with van der Waals surface area (Å²) in [5.74, 6) is 0.892. The lowest BCUT2D eigenvalue weighted by molar-refractivity contribution is 0.0281. The first-order chi connectivity index (χ1) is 11.8. The maximum absolute atomic E-state index is 5.95. The molecule has 0 bridgehead atoms. The smallest absolute Gasteiger partial charge is 0.191 e. The Balaban J connectivity index is 0.00000312. The molecule has 0 radical (unpaired) electrons. The molecule has 1 aromatic rings. The van der Waals surface area contributed by atoms with Crippen molar-refractivity contribution >= 4 is 41.3 Å². The molecule has 1 aliphatic rings. The quantitative estimate of drug-likeness (QED) is 0.244. The van der Waals surface area contributed by atoms with Gasteiger partial charge in [-0.15, -0.1) is 35.3 Å². The van der Waals surface area contributed by atoms with Gasteiger partial charge >= 0.3 is 0 Å². The van der Waals surface area contributed by atoms with E-state index in [4.69, 9.17) is 4.74 Å². The number of thiazole rings is 1. The molecule has 0 saturated heterocycles. The predicted molar refractivity (Wildman–Crippen MR) is 117 cm³/mol. The molecule has 0 amide bonds. The van der Waals surface area contributed by atoms with E-state index in [9.17, 15) is 0 Å². The topological polar surface area (TPSA) is 58.5 Å². The van der Waals surface area contributed by atoms with Gasteiger partial charge in [0.05, 0.1) is 11.1 Å². The van der Waals surface area contributed by atoms with Crippen molar-refractivity contribution in [3.63, 3.8) is 0 Å². The van der Waals surface area contributed by atoms with Crippen LogP contribution in [0.2, 0.25) is 0 Å². The summed E-state index contributed by atoms with van der Waals surface area (Å²) in [5.41, 5.74) is 0. The minimum absolute atomic E-state index is 0. The van der Waals surface area contributed by atoms with Gasteiger partial charge in [0.1, 0.15) is 0 Å². The highest BCUT2D eigenvalue weighted by molar-refractivity contribution is 14.0. The number of hydrogen-bond acceptors (Lipinski definition) is 4. The van der Waals surface area contributed by atoms with Crippen LogP contribution < -0.4 is 10.6 Å². The molecule has 0 aromatic carbocycles. The third-order valence-electron chi connectivity index (χ3n) is 4.12. The fraction of sp³-hybridized carbons (Fsp3) is 0.778. The fourth-order valence-electron chi connectivity index (χ4n) is 2.88. The lowest BCUT2D eigenvalue weighted by Gasteiger charge is -2.21. The molecule has 144 valence electrons. The van der Waals surface area contributed by atoms with Gasteiger partial charge in [0.2, 0.25) is 0 Å². The van der Waals surface area contributed by atoms with E-state index in [2.05, 4.69) is 34.5 Å². The largest absolute Gasteiger partial charge is 0.378 e. The Hall–Kier alpha value is -0.410. The number of aliphatic imine (C=N–C) groups is 1. The number of aryl methyl sites for hydroxylation is 1. The number of guanidine groups is 1. The van der Waals surface area contributed by atoms with Gasteiger partial charge < -0.3 is 15.4 Å². The average Bonchev–Trinajstić information content (AvgIpc) is 3.01. The molecule has 1 aromatic heterocycles. The SMILES string of the molecule is CCNC(=NCCCOC1CCCCC1)NCCc1ncc(C)s1.I. The summed E-state index contributed by atoms with van der Waals surface area (Å²) in [6, 6.07) is 0. The fourth-order valence-corrected chi connectivity index (χ4v) is 3.67. The van der Waals surface area contributed by atoms with Crippen molar-refractivity contribution in [1.29, 1.82) is 0 Å². The van der Waals surface area contributed by atoms with Crippen LogP contribution >= 0.6 is 35.3 Å². The number of rotatable bonds is 9. The van der Waals surface area contributed by atoms with Gasteiger partial charge in [0.25, 0.3) is 0 Å². The van der Waals surface area contributed by atoms with E-state index in [-0.39, 0.29) is 24.0 Å². The van der Waals surface area contributed by atoms with Gasteiger partial charge in [-0.2, -0.15) is 0 Å². The molecular weight excluding hydrogens is 447 g/mol. The second kappa shape index (κ2) is 13.7. The Morgan fingerprint density at radius 2 is 2.12 bits per heavy atom. The molecule has 1 heterocycles. The zero-order valence-corrected chi connectivity index (χ0v) is 18.7. The second-order valence-corrected chi connectivity index (χ2v) is 7.61. The number of aromatic nitrogens is 1. The summed E-state index contributed by atoms with van der Waals surface area (Å²) in [5, 5.41) is 7.86. The van der Waals surface area contributed by atoms with Gasteiger partial charge in [-0.1, -0.05) is 19.3 Å². The molecule has 0 unspecified atom stereocenters. The summed E-state index contributed by atoms with van der Waals surface area (Å²) < 4.78 is 5.95. The molecule has 0 spiro atoms. The van der Waals surface area contributed by atoms with Crippen molar-refractivity contribution in [1.82, 2.24) is 15.6 Å². The summed E-state index contributed by atoms with van der Waals surface area (Å²) in [6.07, 6.45) is 10.9. The highest BCUT2D eigenvalue weighted by Gasteiger charge is 2.12. The van der Waals surface area contributed by atoms with E-state index in [0.717, 1.165) is 45.0 Å². The zero-order valence-electron chi connectivity index (χ0n) is 15.6. The normalized spacial score (nSPS) is 15.7. The van der Waals surface area contributed by atoms with Gasteiger partial charge in [0.15, 0.2) is 5.96 Å². The molecule has 2 N–H and O–H groups in total. The first kappa shape index (κ1) is 22.6. The van der Waals surface area contributed by atoms with E-state index >= 15 is 0 Å². The van der Waals surface area contributed by atoms with E-state index < -0.39 is 0 Å². The van der Waals surface area contributed by atoms with Crippen LogP contribution in [0.3, 0.4) is 0 Å². The van der Waals surface area contributed by atoms with Gasteiger partial charge in [0, 0.05) is 43.7 Å². The van der Waals surface area contributed by atoms with Crippen molar-refractivity contribution in [2.45, 2.75) is 64.9 Å². The van der Waals surface area contributed by atoms with Crippen molar-refractivity contribution in [2.75, 3.05) is 26.2 Å². The molecule has 1 fully saturated rings. The Kier molecular flexibility index (Phi) is 12.4. The second-order valence-electron chi connectivity index (χ2n) is 6.29. The first-order valence-electron chi connectivity index (χ1n) is 9.33. The van der Waals surface area contributed by atoms with Crippen LogP contribution in [0, 0.1) is 6.92 Å². The lowest BCUT2D eigenvalue weighted by atomic mass is 9.98. The van der Waals surface area contributed by atoms with Crippen LogP contribution in [-0.2, 0) is 11.2 Å². The van der Waals surface area contributed by atoms with Crippen LogP contribution in [0.25, 0.3) is 0 Å². The van der Waals surface area contributed by atoms with E-state index in [0.29, 0.717) is 6.10 Å². The van der Waals surface area contributed by atoms with Gasteiger partial charge in [-0.25, -0.2) is 4.98 Å². The van der Waals surface area contributed by atoms with Crippen molar-refractivity contribution in [2.24, 2.45) is 4.99 Å². The molecule has 0 atom stereocenters. The minimum Gasteiger partial charge on any atom is -0.378 e. The summed E-state index contributed by atoms with van der Waals surface area (Å²) in [6.45, 7) is 7.55. The highest BCUT2D eigenvalue weighted by Crippen LogP contribution is 2.20. The van der Waals surface area contributed by atoms with Crippen molar-refractivity contribution in [3.05, 3.63) is 16.1 Å². The van der Waals surface area contributed by atoms with Crippen LogP contribution in [-0.4, -0.2) is 43.3 Å². The number of hydrogen-bond donors (Lipinski definition) is 2. The van der Waals surface area contributed by atoms with Gasteiger partial charge in [-0.05, 0) is 33.1 Å². The summed E-state index contributed by atoms with van der Waals surface area (Å²) >= 11 is 1.76. The first-order valence-corrected chi connectivity index (χ1v) is 10.1. The lowest BCUT2D eigenvalue weighted by Crippen LogP contribution is -2.38. The van der Waals surface area contributed by atoms with Crippen molar-refractivity contribution < 1.29 is 4.74 Å². The maximum atomic E-state index is 5.95. The molecule has 2 rings (SSSR count). The van der Waals surface area contributed by atoms with Crippen molar-refractivity contribution in [3.8, 4) is 0 Å². The maximum Gasteiger partial charge on any atom is 0.191 e. The standard InChI is InChI=1S/C18H32N4OS.HI/c1-3-19-18(21-12-10-17-22-14-15(2)24-17)20-11-7-13-23-16-8-5-4-6-9-16;/h14,16H,3-13H2,1-2H3,(H2,19,20,21);1H. The molecule has 25 heavy (non-hydrogen) atoms. The number of halogens is 1. The molecule has 5 nitrogen and oxygen atoms in total. The van der Waals surface area contributed by atoms with E-state index in [1.807, 2.05) is 6.20 Å². The van der Waals surface area contributed by atoms with Crippen LogP contribution in [0.5, 0.6) is 0 Å². The van der Waals surface area contributed by atoms with E-state index in [1.165, 1.54) is 42.0 Å². The Morgan fingerprint density at radius 3 is 2.80 bits per heavy atom. The summed E-state index contributed by atoms with van der Waals surface area (Å²) in [7, 11) is 0. The third-order valence-corrected chi connectivity index (χ3v) is 5.10. The Labute approximate surface area is 173 Å². The van der Waals surface area contributed by atoms with Crippen LogP contribution in [0.4, 0.5) is 0 Å². The molecule has 1 aliphatic carbocycles. The van der Waals surface area contributed by atoms with Crippen LogP contribution in [0.15, 0.2) is 11.2 Å². The predicted octanol–water partition coefficient (Wildman–Crippen LogP) is 3.91. The summed E-state index contributed by atoms with van der Waals surface area (Å²) in [4.78, 5) is 10.3.